The first-order chi connectivity index (χ1) is 13.3. The minimum absolute atomic E-state index is 0.0224. The van der Waals surface area contributed by atoms with Gasteiger partial charge in [0.1, 0.15) is 16.5 Å². The molecule has 2 heterocycles. The third-order valence-corrected chi connectivity index (χ3v) is 5.86. The zero-order valence-corrected chi connectivity index (χ0v) is 16.5. The number of carbonyl (C=O) groups excluding carboxylic acids is 2. The fraction of sp³-hybridized carbons (Fsp3) is 0.300. The lowest BCUT2D eigenvalue weighted by Gasteiger charge is -2.08. The number of rotatable bonds is 4. The van der Waals surface area contributed by atoms with E-state index in [1.165, 1.54) is 36.5 Å². The van der Waals surface area contributed by atoms with Crippen LogP contribution in [0.1, 0.15) is 52.4 Å². The van der Waals surface area contributed by atoms with Gasteiger partial charge in [-0.3, -0.25) is 9.59 Å². The molecule has 4 rings (SSSR count). The number of nitrogens with one attached hydrogen (secondary N) is 2. The molecule has 0 atom stereocenters. The molecule has 8 heteroatoms. The van der Waals surface area contributed by atoms with Crippen LogP contribution in [0.25, 0.3) is 10.2 Å². The maximum Gasteiger partial charge on any atom is 0.266 e. The minimum Gasteiger partial charge on any atom is -0.324 e. The first-order valence-electron chi connectivity index (χ1n) is 8.99. The Hall–Kier alpha value is -2.87. The highest BCUT2D eigenvalue weighted by Gasteiger charge is 2.28. The van der Waals surface area contributed by atoms with E-state index >= 15 is 0 Å². The summed E-state index contributed by atoms with van der Waals surface area (Å²) in [7, 11) is 0. The van der Waals surface area contributed by atoms with Gasteiger partial charge in [-0.05, 0) is 50.5 Å². The average Bonchev–Trinajstić information content (AvgIpc) is 3.41. The Balaban J connectivity index is 1.65. The van der Waals surface area contributed by atoms with Crippen LogP contribution in [0.15, 0.2) is 18.2 Å². The van der Waals surface area contributed by atoms with Crippen LogP contribution in [0.4, 0.5) is 15.8 Å². The summed E-state index contributed by atoms with van der Waals surface area (Å²) in [6, 6.07) is 4.06. The van der Waals surface area contributed by atoms with Crippen LogP contribution >= 0.6 is 11.3 Å². The number of hydrogen-bond acceptors (Lipinski definition) is 5. The Morgan fingerprint density at radius 3 is 2.61 bits per heavy atom. The summed E-state index contributed by atoms with van der Waals surface area (Å²) in [6.07, 6.45) is 2.23. The number of amides is 2. The van der Waals surface area contributed by atoms with Crippen molar-refractivity contribution >= 4 is 44.7 Å². The van der Waals surface area contributed by atoms with Crippen LogP contribution < -0.4 is 10.6 Å². The van der Waals surface area contributed by atoms with Gasteiger partial charge in [0, 0.05) is 23.9 Å². The Labute approximate surface area is 165 Å². The van der Waals surface area contributed by atoms with Crippen molar-refractivity contribution in [3.8, 4) is 0 Å². The molecule has 0 radical (unpaired) electrons. The number of thiophene rings is 1. The van der Waals surface area contributed by atoms with Crippen LogP contribution in [-0.2, 0) is 4.79 Å². The molecule has 0 aliphatic heterocycles. The molecule has 1 aliphatic rings. The smallest absolute Gasteiger partial charge is 0.266 e. The van der Waals surface area contributed by atoms with Crippen LogP contribution in [-0.4, -0.2) is 21.8 Å². The Kier molecular flexibility index (Phi) is 4.58. The van der Waals surface area contributed by atoms with Gasteiger partial charge in [-0.25, -0.2) is 14.4 Å². The maximum absolute atomic E-state index is 13.8. The first-order valence-corrected chi connectivity index (χ1v) is 9.81. The second-order valence-corrected chi connectivity index (χ2v) is 8.01. The summed E-state index contributed by atoms with van der Waals surface area (Å²) in [4.78, 5) is 34.7. The lowest BCUT2D eigenvalue weighted by atomic mass is 10.1. The van der Waals surface area contributed by atoms with Gasteiger partial charge in [0.2, 0.25) is 5.91 Å². The van der Waals surface area contributed by atoms with E-state index in [0.29, 0.717) is 16.5 Å². The molecule has 2 N–H and O–H groups in total. The second kappa shape index (κ2) is 6.94. The van der Waals surface area contributed by atoms with Gasteiger partial charge in [0.15, 0.2) is 0 Å². The van der Waals surface area contributed by atoms with Crippen LogP contribution in [0, 0.1) is 19.7 Å². The Morgan fingerprint density at radius 2 is 1.93 bits per heavy atom. The molecule has 0 unspecified atom stereocenters. The molecule has 1 aliphatic carbocycles. The van der Waals surface area contributed by atoms with Gasteiger partial charge in [0.25, 0.3) is 5.91 Å². The van der Waals surface area contributed by atoms with Gasteiger partial charge in [-0.2, -0.15) is 0 Å². The molecule has 0 bridgehead atoms. The molecule has 3 aromatic rings. The van der Waals surface area contributed by atoms with Crippen molar-refractivity contribution in [2.24, 2.45) is 0 Å². The molecule has 0 spiro atoms. The lowest BCUT2D eigenvalue weighted by molar-refractivity contribution is -0.114. The van der Waals surface area contributed by atoms with Crippen molar-refractivity contribution in [2.45, 2.75) is 39.5 Å². The summed E-state index contributed by atoms with van der Waals surface area (Å²) in [5.74, 6) is 0.0483. The van der Waals surface area contributed by atoms with E-state index in [1.807, 2.05) is 13.8 Å². The lowest BCUT2D eigenvalue weighted by Crippen LogP contribution is -2.13. The second-order valence-electron chi connectivity index (χ2n) is 7.01. The fourth-order valence-electron chi connectivity index (χ4n) is 3.18. The van der Waals surface area contributed by atoms with E-state index in [9.17, 15) is 14.0 Å². The third-order valence-electron chi connectivity index (χ3n) is 4.67. The summed E-state index contributed by atoms with van der Waals surface area (Å²) in [6.45, 7) is 5.12. The van der Waals surface area contributed by atoms with E-state index in [2.05, 4.69) is 20.6 Å². The molecule has 6 nitrogen and oxygen atoms in total. The molecular formula is C20H19FN4O2S. The zero-order valence-electron chi connectivity index (χ0n) is 15.7. The standard InChI is InChI=1S/C20H19FN4O2S/c1-9-16-10(2)22-18(12-4-5-12)25-20(16)28-17(9)19(27)24-13-6-7-14(21)15(8-13)23-11(3)26/h6-8,12H,4-5H2,1-3H3,(H,23,26)(H,24,27). The highest BCUT2D eigenvalue weighted by molar-refractivity contribution is 7.20. The number of nitrogens with zero attached hydrogens (tertiary/aromatic N) is 2. The number of benzene rings is 1. The number of anilines is 2. The van der Waals surface area contributed by atoms with Crippen molar-refractivity contribution in [3.05, 3.63) is 46.0 Å². The molecule has 2 amide bonds. The van der Waals surface area contributed by atoms with Gasteiger partial charge >= 0.3 is 0 Å². The summed E-state index contributed by atoms with van der Waals surface area (Å²) in [5.41, 5.74) is 2.14. The number of aryl methyl sites for hydroxylation is 2. The zero-order chi connectivity index (χ0) is 20.0. The number of carbonyl (C=O) groups is 2. The normalized spacial score (nSPS) is 13.6. The monoisotopic (exact) mass is 398 g/mol. The first kappa shape index (κ1) is 18.5. The highest BCUT2D eigenvalue weighted by Crippen LogP contribution is 2.40. The maximum atomic E-state index is 13.8. The largest absolute Gasteiger partial charge is 0.324 e. The summed E-state index contributed by atoms with van der Waals surface area (Å²) >= 11 is 1.34. The molecule has 2 aromatic heterocycles. The van der Waals surface area contributed by atoms with E-state index in [1.54, 1.807) is 0 Å². The number of hydrogen-bond donors (Lipinski definition) is 2. The van der Waals surface area contributed by atoms with Crippen LogP contribution in [0.2, 0.25) is 0 Å². The molecule has 28 heavy (non-hydrogen) atoms. The molecule has 1 aromatic carbocycles. The van der Waals surface area contributed by atoms with Gasteiger partial charge in [0.05, 0.1) is 16.3 Å². The van der Waals surface area contributed by atoms with E-state index in [0.717, 1.165) is 40.1 Å². The number of fused-ring (bicyclic) bond motifs is 1. The number of halogens is 1. The molecule has 0 saturated heterocycles. The molecule has 1 fully saturated rings. The van der Waals surface area contributed by atoms with Gasteiger partial charge < -0.3 is 10.6 Å². The van der Waals surface area contributed by atoms with Crippen molar-refractivity contribution in [1.82, 2.24) is 9.97 Å². The minimum atomic E-state index is -0.565. The quantitative estimate of drug-likeness (QED) is 0.676. The number of aromatic nitrogens is 2. The van der Waals surface area contributed by atoms with Crippen molar-refractivity contribution in [1.29, 1.82) is 0 Å². The highest BCUT2D eigenvalue weighted by atomic mass is 32.1. The predicted octanol–water partition coefficient (Wildman–Crippen LogP) is 4.54. The average molecular weight is 398 g/mol. The summed E-state index contributed by atoms with van der Waals surface area (Å²) < 4.78 is 13.8. The van der Waals surface area contributed by atoms with E-state index < -0.39 is 5.82 Å². The van der Waals surface area contributed by atoms with E-state index in [-0.39, 0.29) is 17.5 Å². The topological polar surface area (TPSA) is 84.0 Å². The van der Waals surface area contributed by atoms with Gasteiger partial charge in [-0.15, -0.1) is 11.3 Å². The summed E-state index contributed by atoms with van der Waals surface area (Å²) in [5, 5.41) is 6.10. The van der Waals surface area contributed by atoms with Crippen LogP contribution in [0.5, 0.6) is 0 Å². The third kappa shape index (κ3) is 3.47. The predicted molar refractivity (Wildman–Crippen MR) is 108 cm³/mol. The Bertz CT molecular complexity index is 1120. The van der Waals surface area contributed by atoms with Crippen LogP contribution in [0.3, 0.4) is 0 Å². The van der Waals surface area contributed by atoms with Crippen molar-refractivity contribution in [2.75, 3.05) is 10.6 Å². The molecular weight excluding hydrogens is 379 g/mol. The molecule has 1 saturated carbocycles. The Morgan fingerprint density at radius 1 is 1.18 bits per heavy atom. The fourth-order valence-corrected chi connectivity index (χ4v) is 4.31. The van der Waals surface area contributed by atoms with Gasteiger partial charge in [-0.1, -0.05) is 0 Å². The SMILES string of the molecule is CC(=O)Nc1cc(NC(=O)c2sc3nc(C4CC4)nc(C)c3c2C)ccc1F. The van der Waals surface area contributed by atoms with E-state index in [4.69, 9.17) is 0 Å². The van der Waals surface area contributed by atoms with Crippen molar-refractivity contribution in [3.63, 3.8) is 0 Å². The van der Waals surface area contributed by atoms with Crippen molar-refractivity contribution < 1.29 is 14.0 Å². The molecule has 144 valence electrons.